The Balaban J connectivity index is 2.30. The van der Waals surface area contributed by atoms with Gasteiger partial charge in [0, 0.05) is 16.8 Å². The molecule has 1 aromatic heterocycles. The van der Waals surface area contributed by atoms with E-state index in [2.05, 4.69) is 4.98 Å². The largest absolute Gasteiger partial charge is 0.489 e. The van der Waals surface area contributed by atoms with Gasteiger partial charge in [-0.25, -0.2) is 0 Å². The van der Waals surface area contributed by atoms with E-state index < -0.39 is 6.10 Å². The molecule has 1 atom stereocenters. The highest BCUT2D eigenvalue weighted by molar-refractivity contribution is 6.30. The third-order valence-electron chi connectivity index (χ3n) is 2.80. The van der Waals surface area contributed by atoms with Crippen LogP contribution in [0.3, 0.4) is 0 Å². The molecule has 1 N–H and O–H groups in total. The zero-order valence-corrected chi connectivity index (χ0v) is 12.6. The molecule has 0 aliphatic heterocycles. The molecule has 0 saturated carbocycles. The molecule has 0 aliphatic carbocycles. The first-order valence-electron chi connectivity index (χ1n) is 6.52. The second-order valence-corrected chi connectivity index (χ2v) is 5.52. The zero-order chi connectivity index (χ0) is 14.7. The Bertz CT molecular complexity index is 579. The smallest absolute Gasteiger partial charge is 0.138 e. The molecule has 3 nitrogen and oxygen atoms in total. The monoisotopic (exact) mass is 291 g/mol. The zero-order valence-electron chi connectivity index (χ0n) is 11.8. The topological polar surface area (TPSA) is 42.4 Å². The minimum absolute atomic E-state index is 0.0672. The number of nitrogens with zero attached hydrogens (tertiary/aromatic N) is 1. The SMILES string of the molecule is Cc1cc(Cl)cc(C(O)c2cncc(OC(C)C)c2)c1. The number of hydrogen-bond acceptors (Lipinski definition) is 3. The van der Waals surface area contributed by atoms with E-state index in [-0.39, 0.29) is 6.10 Å². The summed E-state index contributed by atoms with van der Waals surface area (Å²) in [5.41, 5.74) is 2.44. The molecular formula is C16H18ClNO2. The number of hydrogen-bond donors (Lipinski definition) is 1. The van der Waals surface area contributed by atoms with Crippen LogP contribution in [-0.2, 0) is 0 Å². The Morgan fingerprint density at radius 2 is 1.85 bits per heavy atom. The fraction of sp³-hybridized carbons (Fsp3) is 0.312. The molecule has 0 amide bonds. The highest BCUT2D eigenvalue weighted by atomic mass is 35.5. The van der Waals surface area contributed by atoms with Crippen LogP contribution in [0.25, 0.3) is 0 Å². The van der Waals surface area contributed by atoms with Gasteiger partial charge in [0.2, 0.25) is 0 Å². The Hall–Kier alpha value is -1.58. The van der Waals surface area contributed by atoms with E-state index in [1.807, 2.05) is 32.9 Å². The second kappa shape index (κ2) is 6.25. The normalized spacial score (nSPS) is 12.5. The molecule has 0 spiro atoms. The molecule has 0 fully saturated rings. The number of benzene rings is 1. The molecule has 0 radical (unpaired) electrons. The maximum atomic E-state index is 10.4. The average molecular weight is 292 g/mol. The van der Waals surface area contributed by atoms with Gasteiger partial charge in [-0.3, -0.25) is 4.98 Å². The van der Waals surface area contributed by atoms with Crippen molar-refractivity contribution in [2.75, 3.05) is 0 Å². The molecule has 0 aliphatic rings. The van der Waals surface area contributed by atoms with Gasteiger partial charge in [-0.2, -0.15) is 0 Å². The molecule has 4 heteroatoms. The molecule has 0 bridgehead atoms. The standard InChI is InChI=1S/C16H18ClNO2/c1-10(2)20-15-7-13(8-18-9-15)16(19)12-4-11(3)5-14(17)6-12/h4-10,16,19H,1-3H3. The lowest BCUT2D eigenvalue weighted by molar-refractivity contribution is 0.215. The molecular weight excluding hydrogens is 274 g/mol. The summed E-state index contributed by atoms with van der Waals surface area (Å²) < 4.78 is 5.59. The Labute approximate surface area is 124 Å². The van der Waals surface area contributed by atoms with Crippen LogP contribution in [0.5, 0.6) is 5.75 Å². The van der Waals surface area contributed by atoms with Gasteiger partial charge in [0.05, 0.1) is 12.3 Å². The highest BCUT2D eigenvalue weighted by Gasteiger charge is 2.13. The van der Waals surface area contributed by atoms with Gasteiger partial charge in [-0.1, -0.05) is 17.7 Å². The van der Waals surface area contributed by atoms with Crippen molar-refractivity contribution in [3.8, 4) is 5.75 Å². The Morgan fingerprint density at radius 1 is 1.10 bits per heavy atom. The number of ether oxygens (including phenoxy) is 1. The van der Waals surface area contributed by atoms with Gasteiger partial charge < -0.3 is 9.84 Å². The van der Waals surface area contributed by atoms with Gasteiger partial charge in [-0.05, 0) is 50.1 Å². The van der Waals surface area contributed by atoms with Crippen molar-refractivity contribution in [3.63, 3.8) is 0 Å². The second-order valence-electron chi connectivity index (χ2n) is 5.09. The molecule has 2 rings (SSSR count). The van der Waals surface area contributed by atoms with E-state index in [0.717, 1.165) is 11.1 Å². The molecule has 1 unspecified atom stereocenters. The van der Waals surface area contributed by atoms with Crippen molar-refractivity contribution in [3.05, 3.63) is 58.4 Å². The first kappa shape index (κ1) is 14.8. The Morgan fingerprint density at radius 3 is 2.50 bits per heavy atom. The van der Waals surface area contributed by atoms with Gasteiger partial charge in [0.1, 0.15) is 11.9 Å². The van der Waals surface area contributed by atoms with Crippen molar-refractivity contribution in [1.29, 1.82) is 0 Å². The van der Waals surface area contributed by atoms with Crippen LogP contribution in [0.4, 0.5) is 0 Å². The van der Waals surface area contributed by atoms with Gasteiger partial charge in [0.25, 0.3) is 0 Å². The number of pyridine rings is 1. The number of aliphatic hydroxyl groups is 1. The lowest BCUT2D eigenvalue weighted by Gasteiger charge is -2.15. The van der Waals surface area contributed by atoms with Crippen molar-refractivity contribution in [2.45, 2.75) is 33.0 Å². The lowest BCUT2D eigenvalue weighted by atomic mass is 10.0. The van der Waals surface area contributed by atoms with Crippen LogP contribution in [0.2, 0.25) is 5.02 Å². The number of aryl methyl sites for hydroxylation is 1. The van der Waals surface area contributed by atoms with E-state index in [1.165, 1.54) is 0 Å². The van der Waals surface area contributed by atoms with Crippen molar-refractivity contribution >= 4 is 11.6 Å². The number of halogens is 1. The van der Waals surface area contributed by atoms with E-state index in [9.17, 15) is 5.11 Å². The number of rotatable bonds is 4. The van der Waals surface area contributed by atoms with Crippen LogP contribution in [0, 0.1) is 6.92 Å². The van der Waals surface area contributed by atoms with Crippen LogP contribution >= 0.6 is 11.6 Å². The first-order valence-corrected chi connectivity index (χ1v) is 6.90. The summed E-state index contributed by atoms with van der Waals surface area (Å²) in [4.78, 5) is 4.11. The number of aliphatic hydroxyl groups excluding tert-OH is 1. The predicted molar refractivity (Wildman–Crippen MR) is 80.3 cm³/mol. The summed E-state index contributed by atoms with van der Waals surface area (Å²) in [6, 6.07) is 7.32. The van der Waals surface area contributed by atoms with Crippen molar-refractivity contribution in [1.82, 2.24) is 4.98 Å². The van der Waals surface area contributed by atoms with Crippen molar-refractivity contribution < 1.29 is 9.84 Å². The lowest BCUT2D eigenvalue weighted by Crippen LogP contribution is -2.07. The van der Waals surface area contributed by atoms with Gasteiger partial charge in [0.15, 0.2) is 0 Å². The average Bonchev–Trinajstić information content (AvgIpc) is 2.36. The first-order chi connectivity index (χ1) is 9.45. The quantitative estimate of drug-likeness (QED) is 0.928. The maximum Gasteiger partial charge on any atom is 0.138 e. The molecule has 106 valence electrons. The van der Waals surface area contributed by atoms with Crippen LogP contribution in [0.1, 0.15) is 36.6 Å². The van der Waals surface area contributed by atoms with Crippen LogP contribution in [0.15, 0.2) is 36.7 Å². The summed E-state index contributed by atoms with van der Waals surface area (Å²) in [5.74, 6) is 0.648. The molecule has 2 aromatic rings. The van der Waals surface area contributed by atoms with Crippen molar-refractivity contribution in [2.24, 2.45) is 0 Å². The van der Waals surface area contributed by atoms with Crippen LogP contribution in [-0.4, -0.2) is 16.2 Å². The summed E-state index contributed by atoms with van der Waals surface area (Å²) in [6.07, 6.45) is 2.57. The van der Waals surface area contributed by atoms with E-state index in [1.54, 1.807) is 24.5 Å². The summed E-state index contributed by atoms with van der Waals surface area (Å²) in [6.45, 7) is 5.84. The third kappa shape index (κ3) is 3.71. The fourth-order valence-electron chi connectivity index (χ4n) is 2.04. The molecule has 1 aromatic carbocycles. The summed E-state index contributed by atoms with van der Waals surface area (Å²) in [7, 11) is 0. The molecule has 20 heavy (non-hydrogen) atoms. The van der Waals surface area contributed by atoms with Crippen LogP contribution < -0.4 is 4.74 Å². The maximum absolute atomic E-state index is 10.4. The predicted octanol–water partition coefficient (Wildman–Crippen LogP) is 3.91. The third-order valence-corrected chi connectivity index (χ3v) is 3.02. The highest BCUT2D eigenvalue weighted by Crippen LogP contribution is 2.27. The minimum Gasteiger partial charge on any atom is -0.489 e. The summed E-state index contributed by atoms with van der Waals surface area (Å²) in [5, 5.41) is 11.1. The van der Waals surface area contributed by atoms with E-state index in [0.29, 0.717) is 16.3 Å². The fourth-order valence-corrected chi connectivity index (χ4v) is 2.33. The molecule has 1 heterocycles. The molecule has 0 saturated heterocycles. The van der Waals surface area contributed by atoms with E-state index >= 15 is 0 Å². The number of aromatic nitrogens is 1. The van der Waals surface area contributed by atoms with Gasteiger partial charge in [-0.15, -0.1) is 0 Å². The summed E-state index contributed by atoms with van der Waals surface area (Å²) >= 11 is 6.03. The van der Waals surface area contributed by atoms with E-state index in [4.69, 9.17) is 16.3 Å². The minimum atomic E-state index is -0.768. The van der Waals surface area contributed by atoms with Gasteiger partial charge >= 0.3 is 0 Å². The Kier molecular flexibility index (Phi) is 4.63.